The SMILES string of the molecule is O=C1CSCC(=O)N1.[2H]C1([2H])SC([2H])([2H])C(=O)NC1=O. The van der Waals surface area contributed by atoms with Gasteiger partial charge in [0, 0.05) is 5.48 Å². The van der Waals surface area contributed by atoms with Crippen molar-refractivity contribution in [1.82, 2.24) is 10.6 Å². The fourth-order valence-electron chi connectivity index (χ4n) is 0.736. The molecule has 2 N–H and O–H groups in total. The van der Waals surface area contributed by atoms with Crippen molar-refractivity contribution in [3.63, 3.8) is 0 Å². The number of carbonyl (C=O) groups excluding carboxylic acids is 4. The van der Waals surface area contributed by atoms with E-state index in [0.717, 1.165) is 0 Å². The fraction of sp³-hybridized carbons (Fsp3) is 0.500. The molecule has 2 heterocycles. The Morgan fingerprint density at radius 2 is 1.25 bits per heavy atom. The van der Waals surface area contributed by atoms with Crippen molar-refractivity contribution in [2.45, 2.75) is 0 Å². The molecular weight excluding hydrogens is 252 g/mol. The number of amides is 4. The lowest BCUT2D eigenvalue weighted by Crippen LogP contribution is -2.37. The second-order valence-corrected chi connectivity index (χ2v) is 4.15. The molecule has 0 radical (unpaired) electrons. The van der Waals surface area contributed by atoms with Crippen LogP contribution in [0, 0.1) is 0 Å². The van der Waals surface area contributed by atoms with E-state index in [0.29, 0.717) is 11.5 Å². The molecule has 0 aromatic carbocycles. The lowest BCUT2D eigenvalue weighted by molar-refractivity contribution is -0.129. The molecule has 0 aliphatic carbocycles. The second-order valence-electron chi connectivity index (χ2n) is 2.55. The number of imide groups is 2. The third kappa shape index (κ3) is 5.17. The largest absolute Gasteiger partial charge is 0.295 e. The highest BCUT2D eigenvalue weighted by Gasteiger charge is 2.14. The summed E-state index contributed by atoms with van der Waals surface area (Å²) in [7, 11) is 0. The van der Waals surface area contributed by atoms with Gasteiger partial charge in [-0.15, -0.1) is 23.5 Å². The number of hydrogen-bond acceptors (Lipinski definition) is 6. The average molecular weight is 266 g/mol. The number of carbonyl (C=O) groups is 4. The van der Waals surface area contributed by atoms with E-state index < -0.39 is 23.2 Å². The van der Waals surface area contributed by atoms with E-state index in [4.69, 9.17) is 5.48 Å². The van der Waals surface area contributed by atoms with Crippen LogP contribution in [0.15, 0.2) is 0 Å². The minimum absolute atomic E-state index is 0.0671. The van der Waals surface area contributed by atoms with Gasteiger partial charge in [0.2, 0.25) is 23.6 Å². The molecule has 0 atom stereocenters. The summed E-state index contributed by atoms with van der Waals surface area (Å²) in [6.45, 7) is 0. The highest BCUT2D eigenvalue weighted by atomic mass is 32.2. The predicted octanol–water partition coefficient (Wildman–Crippen LogP) is -1.25. The molecule has 0 spiro atoms. The Kier molecular flexibility index (Phi) is 3.32. The van der Waals surface area contributed by atoms with Gasteiger partial charge in [-0.25, -0.2) is 0 Å². The Morgan fingerprint density at radius 1 is 0.812 bits per heavy atom. The molecule has 2 rings (SSSR count). The normalized spacial score (nSPS) is 30.5. The van der Waals surface area contributed by atoms with Crippen LogP contribution in [0.25, 0.3) is 0 Å². The van der Waals surface area contributed by atoms with Crippen molar-refractivity contribution in [2.24, 2.45) is 0 Å². The van der Waals surface area contributed by atoms with Crippen LogP contribution in [0.3, 0.4) is 0 Å². The van der Waals surface area contributed by atoms with Gasteiger partial charge < -0.3 is 0 Å². The highest BCUT2D eigenvalue weighted by molar-refractivity contribution is 8.01. The summed E-state index contributed by atoms with van der Waals surface area (Å²) in [5.41, 5.74) is -4.76. The van der Waals surface area contributed by atoms with Crippen LogP contribution in [0.2, 0.25) is 0 Å². The zero-order chi connectivity index (χ0) is 15.6. The van der Waals surface area contributed by atoms with Crippen molar-refractivity contribution >= 4 is 47.2 Å². The predicted molar refractivity (Wildman–Crippen MR) is 60.9 cm³/mol. The molecule has 8 heteroatoms. The lowest BCUT2D eigenvalue weighted by atomic mass is 10.6. The van der Waals surface area contributed by atoms with Crippen molar-refractivity contribution < 1.29 is 24.7 Å². The van der Waals surface area contributed by atoms with Crippen LogP contribution in [-0.4, -0.2) is 46.5 Å². The smallest absolute Gasteiger partial charge is 0.236 e. The highest BCUT2D eigenvalue weighted by Crippen LogP contribution is 2.02. The molecule has 88 valence electrons. The Labute approximate surface area is 106 Å². The Balaban J connectivity index is 0.000000217. The van der Waals surface area contributed by atoms with Gasteiger partial charge in [0.05, 0.1) is 22.9 Å². The van der Waals surface area contributed by atoms with Gasteiger partial charge in [0.25, 0.3) is 0 Å². The fourth-order valence-corrected chi connectivity index (χ4v) is 1.69. The molecule has 2 aliphatic heterocycles. The number of nitrogens with one attached hydrogen (secondary N) is 2. The Bertz CT molecular complexity index is 433. The molecule has 0 bridgehead atoms. The van der Waals surface area contributed by atoms with E-state index in [-0.39, 0.29) is 23.6 Å². The van der Waals surface area contributed by atoms with Gasteiger partial charge in [0.1, 0.15) is 0 Å². The van der Waals surface area contributed by atoms with E-state index in [9.17, 15) is 19.2 Å². The van der Waals surface area contributed by atoms with E-state index in [2.05, 4.69) is 5.32 Å². The zero-order valence-corrected chi connectivity index (χ0v) is 9.50. The van der Waals surface area contributed by atoms with Crippen LogP contribution in [0.4, 0.5) is 0 Å². The van der Waals surface area contributed by atoms with E-state index in [1.807, 2.05) is 0 Å². The van der Waals surface area contributed by atoms with Crippen LogP contribution in [-0.2, 0) is 19.2 Å². The van der Waals surface area contributed by atoms with Crippen molar-refractivity contribution in [2.75, 3.05) is 22.9 Å². The van der Waals surface area contributed by atoms with Gasteiger partial charge in [-0.3, -0.25) is 29.8 Å². The third-order valence-electron chi connectivity index (χ3n) is 1.26. The first-order valence-electron chi connectivity index (χ1n) is 6.01. The summed E-state index contributed by atoms with van der Waals surface area (Å²) >= 11 is 1.42. The maximum atomic E-state index is 10.7. The van der Waals surface area contributed by atoms with Gasteiger partial charge in [-0.05, 0) is 0 Å². The molecule has 0 saturated carbocycles. The van der Waals surface area contributed by atoms with Gasteiger partial charge in [0.15, 0.2) is 0 Å². The molecule has 16 heavy (non-hydrogen) atoms. The Hall–Kier alpha value is -1.02. The summed E-state index contributed by atoms with van der Waals surface area (Å²) in [5, 5.41) is 3.79. The second kappa shape index (κ2) is 6.54. The summed E-state index contributed by atoms with van der Waals surface area (Å²) in [6, 6.07) is 0. The number of rotatable bonds is 0. The molecule has 2 saturated heterocycles. The summed E-state index contributed by atoms with van der Waals surface area (Å²) < 4.78 is 28.0. The van der Waals surface area contributed by atoms with Crippen LogP contribution < -0.4 is 10.6 Å². The average Bonchev–Trinajstić information content (AvgIpc) is 2.26. The van der Waals surface area contributed by atoms with E-state index in [1.54, 1.807) is 5.32 Å². The Morgan fingerprint density at radius 3 is 1.56 bits per heavy atom. The molecule has 4 amide bonds. The number of hydrogen-bond donors (Lipinski definition) is 2. The number of thioether (sulfide) groups is 2. The molecule has 6 nitrogen and oxygen atoms in total. The van der Waals surface area contributed by atoms with Crippen molar-refractivity contribution in [3.05, 3.63) is 0 Å². The van der Waals surface area contributed by atoms with E-state index in [1.165, 1.54) is 11.8 Å². The topological polar surface area (TPSA) is 92.3 Å². The van der Waals surface area contributed by atoms with Gasteiger partial charge in [-0.2, -0.15) is 0 Å². The zero-order valence-electron chi connectivity index (χ0n) is 11.9. The standard InChI is InChI=1S/2C4H5NO2S/c2*6-3-1-8-2-4(7)5-3/h2*1-2H2,(H,5,6,7)/i1D2,2D2;. The molecule has 2 fully saturated rings. The molecule has 0 unspecified atom stereocenters. The molecule has 0 aromatic rings. The molecular formula is C8H10N2O4S2. The lowest BCUT2D eigenvalue weighted by Gasteiger charge is -2.07. The summed E-state index contributed by atoms with van der Waals surface area (Å²) in [5.74, 6) is -1.71. The van der Waals surface area contributed by atoms with Crippen molar-refractivity contribution in [1.29, 1.82) is 0 Å². The van der Waals surface area contributed by atoms with Gasteiger partial charge in [-0.1, -0.05) is 0 Å². The monoisotopic (exact) mass is 266 g/mol. The first-order valence-corrected chi connectivity index (χ1v) is 5.98. The summed E-state index contributed by atoms with van der Waals surface area (Å²) in [4.78, 5) is 42.1. The minimum atomic E-state index is -2.38. The van der Waals surface area contributed by atoms with E-state index >= 15 is 0 Å². The van der Waals surface area contributed by atoms with Crippen LogP contribution in [0.5, 0.6) is 0 Å². The minimum Gasteiger partial charge on any atom is -0.295 e. The van der Waals surface area contributed by atoms with Gasteiger partial charge >= 0.3 is 0 Å². The van der Waals surface area contributed by atoms with Crippen molar-refractivity contribution in [3.8, 4) is 0 Å². The molecule has 2 aliphatic rings. The first-order chi connectivity index (χ1) is 9.04. The third-order valence-corrected chi connectivity index (χ3v) is 2.77. The first kappa shape index (κ1) is 8.13. The summed E-state index contributed by atoms with van der Waals surface area (Å²) in [6.07, 6.45) is 0. The molecule has 0 aromatic heterocycles. The maximum absolute atomic E-state index is 10.7. The van der Waals surface area contributed by atoms with Crippen LogP contribution >= 0.6 is 23.5 Å². The quantitative estimate of drug-likeness (QED) is 0.532. The maximum Gasteiger partial charge on any atom is 0.236 e. The van der Waals surface area contributed by atoms with Crippen LogP contribution in [0.1, 0.15) is 5.48 Å².